The zero-order valence-corrected chi connectivity index (χ0v) is 10.5. The summed E-state index contributed by atoms with van der Waals surface area (Å²) in [5.74, 6) is 2.61. The van der Waals surface area contributed by atoms with Crippen molar-refractivity contribution in [3.8, 4) is 0 Å². The van der Waals surface area contributed by atoms with E-state index in [2.05, 4.69) is 26.4 Å². The second kappa shape index (κ2) is 4.57. The lowest BCUT2D eigenvalue weighted by molar-refractivity contribution is 0.448. The molecule has 1 atom stereocenters. The van der Waals surface area contributed by atoms with Crippen molar-refractivity contribution in [2.75, 3.05) is 23.9 Å². The van der Waals surface area contributed by atoms with Gasteiger partial charge < -0.3 is 4.90 Å². The van der Waals surface area contributed by atoms with Crippen molar-refractivity contribution < 1.29 is 0 Å². The van der Waals surface area contributed by atoms with Crippen LogP contribution < -0.4 is 4.90 Å². The predicted molar refractivity (Wildman–Crippen MR) is 70.8 cm³/mol. The fourth-order valence-corrected chi connectivity index (χ4v) is 2.84. The molecule has 1 unspecified atom stereocenters. The van der Waals surface area contributed by atoms with Crippen LogP contribution in [0.4, 0.5) is 5.82 Å². The molecule has 3 rings (SSSR count). The molecule has 0 amide bonds. The summed E-state index contributed by atoms with van der Waals surface area (Å²) in [6, 6.07) is 6.26. The Bertz CT molecular complexity index is 508. The van der Waals surface area contributed by atoms with Crippen LogP contribution in [0.3, 0.4) is 0 Å². The van der Waals surface area contributed by atoms with Crippen LogP contribution in [0.2, 0.25) is 0 Å². The molecular weight excluding hydrogens is 234 g/mol. The maximum absolute atomic E-state index is 5.98. The Morgan fingerprint density at radius 1 is 1.41 bits per heavy atom. The van der Waals surface area contributed by atoms with Gasteiger partial charge >= 0.3 is 0 Å². The van der Waals surface area contributed by atoms with E-state index >= 15 is 0 Å². The van der Waals surface area contributed by atoms with Gasteiger partial charge in [-0.25, -0.2) is 4.98 Å². The topological polar surface area (TPSA) is 20.5 Å². The number of fused-ring (bicyclic) bond motifs is 1. The van der Waals surface area contributed by atoms with Gasteiger partial charge in [-0.05, 0) is 30.9 Å². The quantitative estimate of drug-likeness (QED) is 0.763. The fourth-order valence-electron chi connectivity index (χ4n) is 2.59. The van der Waals surface area contributed by atoms with Gasteiger partial charge in [-0.2, -0.15) is 0 Å². The lowest BCUT2D eigenvalue weighted by Gasteiger charge is -2.33. The third kappa shape index (κ3) is 2.00. The highest BCUT2D eigenvalue weighted by Gasteiger charge is 2.20. The van der Waals surface area contributed by atoms with E-state index in [1.165, 1.54) is 18.7 Å². The number of alkyl halides is 1. The maximum Gasteiger partial charge on any atom is 0.138 e. The smallest absolute Gasteiger partial charge is 0.138 e. The standard InChI is InChI=1S/C13H16ClN3/c14-9-11-3-2-7-16(10-11)13-5-1-4-12-15-6-8-17(12)13/h1,4-6,8,11H,2-3,7,9-10H2. The van der Waals surface area contributed by atoms with Crippen molar-refractivity contribution in [1.82, 2.24) is 9.38 Å². The lowest BCUT2D eigenvalue weighted by atomic mass is 10.0. The summed E-state index contributed by atoms with van der Waals surface area (Å²) in [4.78, 5) is 6.75. The molecule has 0 bridgehead atoms. The average molecular weight is 250 g/mol. The fraction of sp³-hybridized carbons (Fsp3) is 0.462. The zero-order chi connectivity index (χ0) is 11.7. The summed E-state index contributed by atoms with van der Waals surface area (Å²) in [5.41, 5.74) is 1.01. The number of aromatic nitrogens is 2. The first-order valence-electron chi connectivity index (χ1n) is 6.11. The van der Waals surface area contributed by atoms with E-state index in [4.69, 9.17) is 11.6 Å². The van der Waals surface area contributed by atoms with E-state index in [1.807, 2.05) is 18.5 Å². The first-order chi connectivity index (χ1) is 8.38. The van der Waals surface area contributed by atoms with Gasteiger partial charge in [-0.15, -0.1) is 11.6 Å². The van der Waals surface area contributed by atoms with Crippen molar-refractivity contribution in [2.24, 2.45) is 5.92 Å². The molecule has 0 aromatic carbocycles. The van der Waals surface area contributed by atoms with Crippen LogP contribution in [0.25, 0.3) is 5.65 Å². The Kier molecular flexibility index (Phi) is 2.93. The minimum atomic E-state index is 0.615. The van der Waals surface area contributed by atoms with E-state index in [0.717, 1.165) is 24.6 Å². The summed E-state index contributed by atoms with van der Waals surface area (Å²) >= 11 is 5.98. The highest BCUT2D eigenvalue weighted by Crippen LogP contribution is 2.24. The Balaban J connectivity index is 1.94. The van der Waals surface area contributed by atoms with Gasteiger partial charge in [0.25, 0.3) is 0 Å². The Hall–Kier alpha value is -1.22. The summed E-state index contributed by atoms with van der Waals surface area (Å²) < 4.78 is 2.15. The number of nitrogens with zero attached hydrogens (tertiary/aromatic N) is 3. The van der Waals surface area contributed by atoms with Gasteiger partial charge in [0.1, 0.15) is 11.5 Å². The van der Waals surface area contributed by atoms with E-state index in [0.29, 0.717) is 5.92 Å². The number of hydrogen-bond donors (Lipinski definition) is 0. The van der Waals surface area contributed by atoms with Gasteiger partial charge in [0.15, 0.2) is 0 Å². The molecule has 2 aromatic heterocycles. The van der Waals surface area contributed by atoms with Crippen LogP contribution in [-0.4, -0.2) is 28.4 Å². The summed E-state index contributed by atoms with van der Waals surface area (Å²) in [6.07, 6.45) is 6.35. The molecule has 2 aromatic rings. The number of hydrogen-bond acceptors (Lipinski definition) is 2. The summed E-state index contributed by atoms with van der Waals surface area (Å²) in [5, 5.41) is 0. The van der Waals surface area contributed by atoms with E-state index in [-0.39, 0.29) is 0 Å². The third-order valence-electron chi connectivity index (χ3n) is 3.47. The number of imidazole rings is 1. The molecule has 3 nitrogen and oxygen atoms in total. The largest absolute Gasteiger partial charge is 0.357 e. The SMILES string of the molecule is ClCC1CCCN(c2cccc3nccn23)C1. The van der Waals surface area contributed by atoms with Crippen molar-refractivity contribution in [2.45, 2.75) is 12.8 Å². The van der Waals surface area contributed by atoms with Crippen molar-refractivity contribution in [1.29, 1.82) is 0 Å². The molecule has 0 radical (unpaired) electrons. The van der Waals surface area contributed by atoms with E-state index in [1.54, 1.807) is 0 Å². The molecule has 0 N–H and O–H groups in total. The van der Waals surface area contributed by atoms with Crippen LogP contribution in [-0.2, 0) is 0 Å². The molecule has 1 saturated heterocycles. The number of piperidine rings is 1. The molecule has 0 aliphatic carbocycles. The average Bonchev–Trinajstić information content (AvgIpc) is 2.87. The molecule has 1 aliphatic rings. The minimum Gasteiger partial charge on any atom is -0.357 e. The Morgan fingerprint density at radius 2 is 2.35 bits per heavy atom. The second-order valence-corrected chi connectivity index (χ2v) is 4.96. The summed E-state index contributed by atoms with van der Waals surface area (Å²) in [7, 11) is 0. The van der Waals surface area contributed by atoms with Crippen LogP contribution in [0.15, 0.2) is 30.6 Å². The second-order valence-electron chi connectivity index (χ2n) is 4.65. The van der Waals surface area contributed by atoms with Crippen molar-refractivity contribution >= 4 is 23.1 Å². The molecule has 0 spiro atoms. The minimum absolute atomic E-state index is 0.615. The van der Waals surface area contributed by atoms with Crippen LogP contribution in [0.5, 0.6) is 0 Å². The van der Waals surface area contributed by atoms with Gasteiger partial charge in [-0.3, -0.25) is 4.40 Å². The monoisotopic (exact) mass is 249 g/mol. The van der Waals surface area contributed by atoms with Gasteiger partial charge in [-0.1, -0.05) is 6.07 Å². The molecule has 90 valence electrons. The molecule has 4 heteroatoms. The Morgan fingerprint density at radius 3 is 3.24 bits per heavy atom. The summed E-state index contributed by atoms with van der Waals surface area (Å²) in [6.45, 7) is 2.17. The number of halogens is 1. The van der Waals surface area contributed by atoms with Crippen molar-refractivity contribution in [3.05, 3.63) is 30.6 Å². The van der Waals surface area contributed by atoms with Crippen molar-refractivity contribution in [3.63, 3.8) is 0 Å². The van der Waals surface area contributed by atoms with E-state index < -0.39 is 0 Å². The highest BCUT2D eigenvalue weighted by atomic mass is 35.5. The normalized spacial score (nSPS) is 21.0. The van der Waals surface area contributed by atoms with Crippen LogP contribution in [0.1, 0.15) is 12.8 Å². The van der Waals surface area contributed by atoms with Crippen LogP contribution in [0, 0.1) is 5.92 Å². The number of rotatable bonds is 2. The third-order valence-corrected chi connectivity index (χ3v) is 3.90. The zero-order valence-electron chi connectivity index (χ0n) is 9.72. The predicted octanol–water partition coefficient (Wildman–Crippen LogP) is 2.79. The maximum atomic E-state index is 5.98. The number of anilines is 1. The van der Waals surface area contributed by atoms with E-state index in [9.17, 15) is 0 Å². The first kappa shape index (κ1) is 10.9. The number of pyridine rings is 1. The van der Waals surface area contributed by atoms with Gasteiger partial charge in [0.2, 0.25) is 0 Å². The molecule has 1 aliphatic heterocycles. The lowest BCUT2D eigenvalue weighted by Crippen LogP contribution is -2.37. The first-order valence-corrected chi connectivity index (χ1v) is 6.65. The Labute approximate surface area is 106 Å². The molecule has 0 saturated carbocycles. The highest BCUT2D eigenvalue weighted by molar-refractivity contribution is 6.18. The van der Waals surface area contributed by atoms with Gasteiger partial charge in [0.05, 0.1) is 0 Å². The molecule has 1 fully saturated rings. The molecule has 3 heterocycles. The molecule has 17 heavy (non-hydrogen) atoms. The van der Waals surface area contributed by atoms with Gasteiger partial charge in [0, 0.05) is 31.4 Å². The van der Waals surface area contributed by atoms with Crippen LogP contribution >= 0.6 is 11.6 Å². The molecular formula is C13H16ClN3.